The molecule has 1 heterocycles. The van der Waals surface area contributed by atoms with Gasteiger partial charge in [-0.25, -0.2) is 0 Å². The van der Waals surface area contributed by atoms with Gasteiger partial charge in [-0.2, -0.15) is 0 Å². The van der Waals surface area contributed by atoms with E-state index in [1.54, 1.807) is 24.3 Å². The topological polar surface area (TPSA) is 78.5 Å². The highest BCUT2D eigenvalue weighted by molar-refractivity contribution is 5.97. The van der Waals surface area contributed by atoms with E-state index >= 15 is 0 Å². The molecule has 6 heteroatoms. The molecule has 1 aromatic rings. The largest absolute Gasteiger partial charge is 0.339 e. The molecular weight excluding hydrogens is 330 g/mol. The highest BCUT2D eigenvalue weighted by atomic mass is 16.2. The third kappa shape index (κ3) is 4.62. The van der Waals surface area contributed by atoms with Crippen molar-refractivity contribution in [1.29, 1.82) is 0 Å². The molecule has 1 saturated carbocycles. The zero-order valence-electron chi connectivity index (χ0n) is 15.3. The van der Waals surface area contributed by atoms with Crippen LogP contribution in [0.4, 0.5) is 11.4 Å². The number of rotatable bonds is 4. The fourth-order valence-electron chi connectivity index (χ4n) is 3.91. The summed E-state index contributed by atoms with van der Waals surface area (Å²) in [6.45, 7) is 1.98. The van der Waals surface area contributed by atoms with E-state index in [0.717, 1.165) is 12.8 Å². The molecule has 1 saturated heterocycles. The molecule has 0 spiro atoms. The highest BCUT2D eigenvalue weighted by Gasteiger charge is 2.37. The molecule has 2 fully saturated rings. The molecular formula is C20H27N3O3. The lowest BCUT2D eigenvalue weighted by atomic mass is 10.1. The molecule has 2 N–H and O–H groups in total. The smallest absolute Gasteiger partial charge is 0.229 e. The van der Waals surface area contributed by atoms with Crippen LogP contribution in [0.25, 0.3) is 0 Å². The molecule has 1 unspecified atom stereocenters. The minimum absolute atomic E-state index is 0.109. The van der Waals surface area contributed by atoms with Crippen molar-refractivity contribution in [3.8, 4) is 0 Å². The molecule has 140 valence electrons. The predicted molar refractivity (Wildman–Crippen MR) is 101 cm³/mol. The van der Waals surface area contributed by atoms with Gasteiger partial charge < -0.3 is 15.5 Å². The van der Waals surface area contributed by atoms with Gasteiger partial charge in [-0.1, -0.05) is 25.7 Å². The molecule has 0 radical (unpaired) electrons. The molecule has 3 amide bonds. The van der Waals surface area contributed by atoms with Crippen LogP contribution in [0.1, 0.15) is 51.9 Å². The van der Waals surface area contributed by atoms with E-state index in [1.165, 1.54) is 32.6 Å². The summed E-state index contributed by atoms with van der Waals surface area (Å²) in [4.78, 5) is 38.0. The lowest BCUT2D eigenvalue weighted by Crippen LogP contribution is -2.37. The van der Waals surface area contributed by atoms with Crippen LogP contribution in [0.2, 0.25) is 0 Å². The molecule has 2 aliphatic rings. The Labute approximate surface area is 154 Å². The highest BCUT2D eigenvalue weighted by Crippen LogP contribution is 2.28. The Kier molecular flexibility index (Phi) is 5.91. The summed E-state index contributed by atoms with van der Waals surface area (Å²) in [5.41, 5.74) is 1.36. The first-order chi connectivity index (χ1) is 12.5. The molecule has 1 aromatic carbocycles. The van der Waals surface area contributed by atoms with Crippen molar-refractivity contribution >= 4 is 29.1 Å². The summed E-state index contributed by atoms with van der Waals surface area (Å²) < 4.78 is 0. The van der Waals surface area contributed by atoms with Crippen molar-refractivity contribution in [3.63, 3.8) is 0 Å². The fourth-order valence-corrected chi connectivity index (χ4v) is 3.91. The number of carbonyl (C=O) groups excluding carboxylic acids is 3. The van der Waals surface area contributed by atoms with Gasteiger partial charge in [-0.15, -0.1) is 0 Å². The number of likely N-dealkylation sites (tertiary alicyclic amines) is 1. The van der Waals surface area contributed by atoms with E-state index in [4.69, 9.17) is 0 Å². The summed E-state index contributed by atoms with van der Waals surface area (Å²) in [6, 6.07) is 7.30. The van der Waals surface area contributed by atoms with E-state index in [1.807, 2.05) is 4.90 Å². The predicted octanol–water partition coefficient (Wildman–Crippen LogP) is 3.15. The third-order valence-corrected chi connectivity index (χ3v) is 5.27. The molecule has 0 bridgehead atoms. The first-order valence-electron chi connectivity index (χ1n) is 9.51. The lowest BCUT2D eigenvalue weighted by molar-refractivity contribution is -0.130. The van der Waals surface area contributed by atoms with Gasteiger partial charge >= 0.3 is 0 Å². The average molecular weight is 357 g/mol. The second-order valence-corrected chi connectivity index (χ2v) is 7.34. The number of nitrogens with zero attached hydrogens (tertiary/aromatic N) is 1. The Hall–Kier alpha value is -2.37. The normalized spacial score (nSPS) is 21.3. The summed E-state index contributed by atoms with van der Waals surface area (Å²) in [5.74, 6) is -0.426. The number of hydrogen-bond acceptors (Lipinski definition) is 3. The van der Waals surface area contributed by atoms with Gasteiger partial charge in [-0.3, -0.25) is 14.4 Å². The Morgan fingerprint density at radius 1 is 0.962 bits per heavy atom. The molecule has 1 aliphatic carbocycles. The number of amides is 3. The Morgan fingerprint density at radius 3 is 2.12 bits per heavy atom. The Morgan fingerprint density at radius 2 is 1.54 bits per heavy atom. The van der Waals surface area contributed by atoms with Crippen molar-refractivity contribution < 1.29 is 14.4 Å². The standard InChI is InChI=1S/C20H27N3O3/c1-14(24)21-16-8-10-17(11-9-16)22-20(26)15-12-19(25)23(13-15)18-6-4-2-3-5-7-18/h8-11,15,18H,2-7,12-13H2,1H3,(H,21,24)(H,22,26). The maximum atomic E-state index is 12.6. The first-order valence-corrected chi connectivity index (χ1v) is 9.51. The molecule has 1 aliphatic heterocycles. The van der Waals surface area contributed by atoms with Gasteiger partial charge in [0.1, 0.15) is 0 Å². The van der Waals surface area contributed by atoms with Gasteiger partial charge in [0.05, 0.1) is 5.92 Å². The van der Waals surface area contributed by atoms with E-state index < -0.39 is 0 Å². The van der Waals surface area contributed by atoms with E-state index in [9.17, 15) is 14.4 Å². The van der Waals surface area contributed by atoms with Gasteiger partial charge in [0.15, 0.2) is 0 Å². The van der Waals surface area contributed by atoms with Gasteiger partial charge in [0.25, 0.3) is 0 Å². The number of hydrogen-bond donors (Lipinski definition) is 2. The van der Waals surface area contributed by atoms with Crippen LogP contribution in [0, 0.1) is 5.92 Å². The van der Waals surface area contributed by atoms with Crippen molar-refractivity contribution in [3.05, 3.63) is 24.3 Å². The van der Waals surface area contributed by atoms with Crippen molar-refractivity contribution in [2.45, 2.75) is 57.9 Å². The summed E-state index contributed by atoms with van der Waals surface area (Å²) >= 11 is 0. The molecule has 6 nitrogen and oxygen atoms in total. The second kappa shape index (κ2) is 8.34. The molecule has 1 atom stereocenters. The summed E-state index contributed by atoms with van der Waals surface area (Å²) in [5, 5.41) is 5.58. The minimum atomic E-state index is -0.291. The average Bonchev–Trinajstić information content (AvgIpc) is 2.82. The zero-order valence-corrected chi connectivity index (χ0v) is 15.3. The zero-order chi connectivity index (χ0) is 18.5. The van der Waals surface area contributed by atoms with E-state index in [2.05, 4.69) is 10.6 Å². The number of carbonyl (C=O) groups is 3. The maximum absolute atomic E-state index is 12.6. The van der Waals surface area contributed by atoms with Gasteiger partial charge in [0.2, 0.25) is 17.7 Å². The number of anilines is 2. The monoisotopic (exact) mass is 357 g/mol. The van der Waals surface area contributed by atoms with Crippen LogP contribution in [0.15, 0.2) is 24.3 Å². The van der Waals surface area contributed by atoms with Crippen LogP contribution in [0.3, 0.4) is 0 Å². The quantitative estimate of drug-likeness (QED) is 0.813. The van der Waals surface area contributed by atoms with Crippen LogP contribution in [-0.2, 0) is 14.4 Å². The summed E-state index contributed by atoms with van der Waals surface area (Å²) in [6.07, 6.45) is 7.26. The van der Waals surface area contributed by atoms with Gasteiger partial charge in [0, 0.05) is 37.3 Å². The first kappa shape index (κ1) is 18.4. The molecule has 3 rings (SSSR count). The van der Waals surface area contributed by atoms with Gasteiger partial charge in [-0.05, 0) is 37.1 Å². The summed E-state index contributed by atoms with van der Waals surface area (Å²) in [7, 11) is 0. The second-order valence-electron chi connectivity index (χ2n) is 7.34. The fraction of sp³-hybridized carbons (Fsp3) is 0.550. The molecule has 26 heavy (non-hydrogen) atoms. The maximum Gasteiger partial charge on any atom is 0.229 e. The Bertz CT molecular complexity index is 663. The Balaban J connectivity index is 1.56. The van der Waals surface area contributed by atoms with Crippen molar-refractivity contribution in [1.82, 2.24) is 4.90 Å². The number of benzene rings is 1. The SMILES string of the molecule is CC(=O)Nc1ccc(NC(=O)C2CC(=O)N(C3CCCCCC3)C2)cc1. The third-order valence-electron chi connectivity index (χ3n) is 5.27. The van der Waals surface area contributed by atoms with Crippen molar-refractivity contribution in [2.75, 3.05) is 17.2 Å². The van der Waals surface area contributed by atoms with Crippen LogP contribution in [-0.4, -0.2) is 35.2 Å². The van der Waals surface area contributed by atoms with Crippen LogP contribution >= 0.6 is 0 Å². The minimum Gasteiger partial charge on any atom is -0.339 e. The van der Waals surface area contributed by atoms with Crippen molar-refractivity contribution in [2.24, 2.45) is 5.92 Å². The van der Waals surface area contributed by atoms with Crippen LogP contribution in [0.5, 0.6) is 0 Å². The van der Waals surface area contributed by atoms with E-state index in [-0.39, 0.29) is 23.6 Å². The lowest BCUT2D eigenvalue weighted by Gasteiger charge is -2.27. The molecule has 0 aromatic heterocycles. The van der Waals surface area contributed by atoms with Crippen LogP contribution < -0.4 is 10.6 Å². The van der Waals surface area contributed by atoms with E-state index in [0.29, 0.717) is 30.4 Å². The number of nitrogens with one attached hydrogen (secondary N) is 2.